The van der Waals surface area contributed by atoms with Crippen LogP contribution in [0.15, 0.2) is 0 Å². The van der Waals surface area contributed by atoms with Crippen LogP contribution in [-0.4, -0.2) is 55.2 Å². The van der Waals surface area contributed by atoms with Crippen LogP contribution in [0, 0.1) is 5.92 Å². The summed E-state index contributed by atoms with van der Waals surface area (Å²) < 4.78 is 29.4. The molecule has 1 amide bonds. The van der Waals surface area contributed by atoms with E-state index in [0.717, 1.165) is 4.90 Å². The molecule has 2 atom stereocenters. The quantitative estimate of drug-likeness (QED) is 0.689. The molecule has 1 fully saturated rings. The van der Waals surface area contributed by atoms with Gasteiger partial charge >= 0.3 is 6.43 Å². The summed E-state index contributed by atoms with van der Waals surface area (Å²) in [5, 5.41) is 0. The summed E-state index contributed by atoms with van der Waals surface area (Å²) in [6.07, 6.45) is -3.07. The predicted octanol–water partition coefficient (Wildman–Crippen LogP) is 0.533. The molecule has 0 aromatic carbocycles. The molecule has 1 heterocycles. The topological polar surface area (TPSA) is 46.6 Å². The maximum absolute atomic E-state index is 12.2. The monoisotopic (exact) mass is 255 g/mol. The fourth-order valence-corrected chi connectivity index (χ4v) is 1.85. The predicted molar refractivity (Wildman–Crippen MR) is 52.6 cm³/mol. The Bertz CT molecular complexity index is 288. The van der Waals surface area contributed by atoms with E-state index in [1.54, 1.807) is 0 Å². The first-order valence-electron chi connectivity index (χ1n) is 4.70. The molecule has 1 rings (SSSR count). The van der Waals surface area contributed by atoms with Crippen molar-refractivity contribution in [3.05, 3.63) is 0 Å². The third kappa shape index (κ3) is 2.68. The van der Waals surface area contributed by atoms with Crippen molar-refractivity contribution in [1.29, 1.82) is 0 Å². The first-order valence-corrected chi connectivity index (χ1v) is 5.23. The largest absolute Gasteiger partial charge is 0.378 e. The molecule has 0 aliphatic carbocycles. The standard InChI is InChI=1S/C9H12ClF2NO3/c1-13(9(15)8(11)12)6-4-16-3-5(6)7(14)2-10/h5-6,8H,2-4H2,1H3. The maximum atomic E-state index is 12.2. The second-order valence-corrected chi connectivity index (χ2v) is 3.83. The Hall–Kier alpha value is -0.750. The molecule has 4 nitrogen and oxygen atoms in total. The first-order chi connectivity index (χ1) is 7.49. The summed E-state index contributed by atoms with van der Waals surface area (Å²) in [6.45, 7) is 0.208. The lowest BCUT2D eigenvalue weighted by molar-refractivity contribution is -0.144. The number of likely N-dealkylation sites (N-methyl/N-ethyl adjacent to an activating group) is 1. The summed E-state index contributed by atoms with van der Waals surface area (Å²) >= 11 is 5.39. The van der Waals surface area contributed by atoms with Crippen molar-refractivity contribution in [2.45, 2.75) is 12.5 Å². The molecule has 0 radical (unpaired) electrons. The number of hydrogen-bond acceptors (Lipinski definition) is 3. The first kappa shape index (κ1) is 13.3. The van der Waals surface area contributed by atoms with Gasteiger partial charge in [0.2, 0.25) is 0 Å². The maximum Gasteiger partial charge on any atom is 0.315 e. The lowest BCUT2D eigenvalue weighted by atomic mass is 9.98. The average Bonchev–Trinajstić information content (AvgIpc) is 2.74. The Morgan fingerprint density at radius 3 is 2.62 bits per heavy atom. The lowest BCUT2D eigenvalue weighted by Gasteiger charge is -2.26. The van der Waals surface area contributed by atoms with Gasteiger partial charge in [-0.15, -0.1) is 11.6 Å². The van der Waals surface area contributed by atoms with E-state index in [1.165, 1.54) is 7.05 Å². The lowest BCUT2D eigenvalue weighted by Crippen LogP contribution is -2.46. The molecule has 0 aromatic rings. The zero-order valence-electron chi connectivity index (χ0n) is 8.66. The number of ether oxygens (including phenoxy) is 1. The second kappa shape index (κ2) is 5.54. The van der Waals surface area contributed by atoms with Crippen LogP contribution in [0.5, 0.6) is 0 Å². The zero-order valence-corrected chi connectivity index (χ0v) is 9.42. The molecule has 0 aromatic heterocycles. The van der Waals surface area contributed by atoms with Gasteiger partial charge in [-0.1, -0.05) is 0 Å². The number of carbonyl (C=O) groups is 2. The Morgan fingerprint density at radius 1 is 1.50 bits per heavy atom. The van der Waals surface area contributed by atoms with E-state index < -0.39 is 24.3 Å². The molecule has 92 valence electrons. The Labute approximate surface area is 96.5 Å². The highest BCUT2D eigenvalue weighted by molar-refractivity contribution is 6.28. The minimum absolute atomic E-state index is 0.0856. The van der Waals surface area contributed by atoms with Crippen LogP contribution in [0.25, 0.3) is 0 Å². The molecule has 0 N–H and O–H groups in total. The molecule has 7 heteroatoms. The van der Waals surface area contributed by atoms with Gasteiger partial charge in [0.1, 0.15) is 0 Å². The summed E-state index contributed by atoms with van der Waals surface area (Å²) in [6, 6.07) is -0.646. The Balaban J connectivity index is 2.71. The van der Waals surface area contributed by atoms with E-state index in [1.807, 2.05) is 0 Å². The number of ketones is 1. The van der Waals surface area contributed by atoms with Crippen molar-refractivity contribution in [2.24, 2.45) is 5.92 Å². The van der Waals surface area contributed by atoms with Gasteiger partial charge in [0.25, 0.3) is 5.91 Å². The van der Waals surface area contributed by atoms with Gasteiger partial charge < -0.3 is 9.64 Å². The summed E-state index contributed by atoms with van der Waals surface area (Å²) in [5.74, 6) is -2.41. The number of rotatable bonds is 4. The van der Waals surface area contributed by atoms with E-state index in [0.29, 0.717) is 0 Å². The average molecular weight is 256 g/mol. The van der Waals surface area contributed by atoms with Crippen LogP contribution in [-0.2, 0) is 14.3 Å². The van der Waals surface area contributed by atoms with Gasteiger partial charge in [-0.25, -0.2) is 0 Å². The Kier molecular flexibility index (Phi) is 4.61. The van der Waals surface area contributed by atoms with Gasteiger partial charge in [0.15, 0.2) is 5.78 Å². The third-order valence-corrected chi connectivity index (χ3v) is 2.89. The molecule has 0 saturated carbocycles. The van der Waals surface area contributed by atoms with Crippen molar-refractivity contribution in [1.82, 2.24) is 4.90 Å². The van der Waals surface area contributed by atoms with E-state index >= 15 is 0 Å². The van der Waals surface area contributed by atoms with Gasteiger partial charge in [0, 0.05) is 7.05 Å². The molecule has 1 saturated heterocycles. The molecule has 2 unspecified atom stereocenters. The molecule has 16 heavy (non-hydrogen) atoms. The highest BCUT2D eigenvalue weighted by atomic mass is 35.5. The number of halogens is 3. The SMILES string of the molecule is CN(C(=O)C(F)F)C1COCC1C(=O)CCl. The highest BCUT2D eigenvalue weighted by Crippen LogP contribution is 2.21. The molecular weight excluding hydrogens is 244 g/mol. The third-order valence-electron chi connectivity index (χ3n) is 2.63. The van der Waals surface area contributed by atoms with Crippen molar-refractivity contribution in [3.63, 3.8) is 0 Å². The molecule has 1 aliphatic rings. The number of nitrogens with zero attached hydrogens (tertiary/aromatic N) is 1. The fraction of sp³-hybridized carbons (Fsp3) is 0.778. The van der Waals surface area contributed by atoms with E-state index in [2.05, 4.69) is 0 Å². The van der Waals surface area contributed by atoms with Crippen LogP contribution < -0.4 is 0 Å². The molecular formula is C9H12ClF2NO3. The van der Waals surface area contributed by atoms with Crippen LogP contribution in [0.1, 0.15) is 0 Å². The smallest absolute Gasteiger partial charge is 0.315 e. The highest BCUT2D eigenvalue weighted by Gasteiger charge is 2.39. The van der Waals surface area contributed by atoms with Crippen LogP contribution in [0.3, 0.4) is 0 Å². The Morgan fingerprint density at radius 2 is 2.12 bits per heavy atom. The summed E-state index contributed by atoms with van der Waals surface area (Å²) in [4.78, 5) is 23.3. The second-order valence-electron chi connectivity index (χ2n) is 3.56. The van der Waals surface area contributed by atoms with Gasteiger partial charge in [-0.05, 0) is 0 Å². The van der Waals surface area contributed by atoms with E-state index in [4.69, 9.17) is 16.3 Å². The minimum atomic E-state index is -3.07. The number of Topliss-reactive ketones (excluding diaryl/α,β-unsaturated/α-hetero) is 1. The van der Waals surface area contributed by atoms with Crippen LogP contribution >= 0.6 is 11.6 Å². The number of alkyl halides is 3. The number of carbonyl (C=O) groups excluding carboxylic acids is 2. The van der Waals surface area contributed by atoms with E-state index in [-0.39, 0.29) is 24.9 Å². The van der Waals surface area contributed by atoms with Crippen molar-refractivity contribution in [2.75, 3.05) is 26.1 Å². The van der Waals surface area contributed by atoms with Crippen molar-refractivity contribution in [3.8, 4) is 0 Å². The van der Waals surface area contributed by atoms with Crippen LogP contribution in [0.4, 0.5) is 8.78 Å². The van der Waals surface area contributed by atoms with Gasteiger partial charge in [-0.2, -0.15) is 8.78 Å². The molecule has 1 aliphatic heterocycles. The van der Waals surface area contributed by atoms with Crippen molar-refractivity contribution < 1.29 is 23.1 Å². The van der Waals surface area contributed by atoms with Crippen LogP contribution in [0.2, 0.25) is 0 Å². The van der Waals surface area contributed by atoms with E-state index in [9.17, 15) is 18.4 Å². The molecule has 0 bridgehead atoms. The summed E-state index contributed by atoms with van der Waals surface area (Å²) in [7, 11) is 1.24. The number of amides is 1. The van der Waals surface area contributed by atoms with Crippen molar-refractivity contribution >= 4 is 23.3 Å². The number of hydrogen-bond donors (Lipinski definition) is 0. The zero-order chi connectivity index (χ0) is 12.3. The fourth-order valence-electron chi connectivity index (χ4n) is 1.65. The normalized spacial score (nSPS) is 24.8. The molecule has 0 spiro atoms. The van der Waals surface area contributed by atoms with Gasteiger partial charge in [0.05, 0.1) is 31.1 Å². The minimum Gasteiger partial charge on any atom is -0.378 e. The van der Waals surface area contributed by atoms with Gasteiger partial charge in [-0.3, -0.25) is 9.59 Å². The summed E-state index contributed by atoms with van der Waals surface area (Å²) in [5.41, 5.74) is 0.